The van der Waals surface area contributed by atoms with Gasteiger partial charge in [0.2, 0.25) is 0 Å². The lowest BCUT2D eigenvalue weighted by atomic mass is 10.2. The van der Waals surface area contributed by atoms with Gasteiger partial charge in [0.05, 0.1) is 13.2 Å². The van der Waals surface area contributed by atoms with Crippen LogP contribution >= 0.6 is 0 Å². The summed E-state index contributed by atoms with van der Waals surface area (Å²) in [6.07, 6.45) is -0.219. The molecule has 14 heavy (non-hydrogen) atoms. The normalized spacial score (nSPS) is 22.3. The van der Waals surface area contributed by atoms with Crippen LogP contribution in [0.2, 0.25) is 0 Å². The molecule has 0 aromatic rings. The van der Waals surface area contributed by atoms with E-state index in [1.807, 2.05) is 18.7 Å². The van der Waals surface area contributed by atoms with Crippen molar-refractivity contribution in [1.29, 1.82) is 0 Å². The van der Waals surface area contributed by atoms with Crippen molar-refractivity contribution in [3.63, 3.8) is 0 Å². The third-order valence-corrected chi connectivity index (χ3v) is 2.23. The van der Waals surface area contributed by atoms with Gasteiger partial charge >= 0.3 is 0 Å². The molecule has 0 bridgehead atoms. The van der Waals surface area contributed by atoms with E-state index < -0.39 is 6.43 Å². The van der Waals surface area contributed by atoms with Gasteiger partial charge in [0.15, 0.2) is 0 Å². The number of halogens is 2. The largest absolute Gasteiger partial charge is 0.383 e. The van der Waals surface area contributed by atoms with Gasteiger partial charge in [0, 0.05) is 13.2 Å². The molecule has 4 heteroatoms. The molecule has 0 aliphatic carbocycles. The van der Waals surface area contributed by atoms with Crippen LogP contribution in [0.1, 0.15) is 26.7 Å². The molecule has 0 aromatic carbocycles. The van der Waals surface area contributed by atoms with Crippen LogP contribution in [0.25, 0.3) is 0 Å². The van der Waals surface area contributed by atoms with Crippen LogP contribution in [0.3, 0.4) is 0 Å². The summed E-state index contributed by atoms with van der Waals surface area (Å²) >= 11 is 0. The van der Waals surface area contributed by atoms with Gasteiger partial charge in [-0.2, -0.15) is 0 Å². The van der Waals surface area contributed by atoms with E-state index >= 15 is 0 Å². The molecule has 1 aliphatic heterocycles. The maximum absolute atomic E-state index is 12.0. The molecule has 0 unspecified atom stereocenters. The fourth-order valence-electron chi connectivity index (χ4n) is 1.69. The molecular formula is C10H21F2NO. The van der Waals surface area contributed by atoms with Crippen molar-refractivity contribution in [1.82, 2.24) is 4.90 Å². The molecule has 0 radical (unpaired) electrons. The molecule has 1 heterocycles. The number of likely N-dealkylation sites (tertiary alicyclic amines) is 1. The second-order valence-electron chi connectivity index (χ2n) is 3.14. The number of hydrogen-bond acceptors (Lipinski definition) is 2. The Bertz CT molecular complexity index is 133. The molecule has 0 N–H and O–H groups in total. The van der Waals surface area contributed by atoms with Crippen molar-refractivity contribution < 1.29 is 13.5 Å². The van der Waals surface area contributed by atoms with Crippen LogP contribution in [-0.4, -0.2) is 44.2 Å². The van der Waals surface area contributed by atoms with Gasteiger partial charge in [-0.3, -0.25) is 4.90 Å². The van der Waals surface area contributed by atoms with Crippen molar-refractivity contribution >= 4 is 0 Å². The topological polar surface area (TPSA) is 12.5 Å². The maximum Gasteiger partial charge on any atom is 0.251 e. The summed E-state index contributed by atoms with van der Waals surface area (Å²) in [6.45, 7) is 5.26. The lowest BCUT2D eigenvalue weighted by Gasteiger charge is -2.22. The first-order chi connectivity index (χ1) is 6.74. The highest BCUT2D eigenvalue weighted by Gasteiger charge is 2.26. The Morgan fingerprint density at radius 2 is 2.07 bits per heavy atom. The molecule has 1 fully saturated rings. The average molecular weight is 209 g/mol. The predicted molar refractivity (Wildman–Crippen MR) is 53.8 cm³/mol. The van der Waals surface area contributed by atoms with Crippen LogP contribution < -0.4 is 0 Å². The van der Waals surface area contributed by atoms with E-state index in [0.717, 1.165) is 19.4 Å². The summed E-state index contributed by atoms with van der Waals surface area (Å²) in [4.78, 5) is 1.81. The number of rotatable bonds is 4. The molecule has 86 valence electrons. The van der Waals surface area contributed by atoms with Crippen molar-refractivity contribution in [2.24, 2.45) is 0 Å². The summed E-state index contributed by atoms with van der Waals surface area (Å²) in [5, 5.41) is 0. The first kappa shape index (κ1) is 13.8. The van der Waals surface area contributed by atoms with E-state index in [4.69, 9.17) is 4.74 Å². The Hall–Kier alpha value is -0.220. The molecule has 0 saturated carbocycles. The maximum atomic E-state index is 12.0. The van der Waals surface area contributed by atoms with E-state index in [0.29, 0.717) is 6.61 Å². The van der Waals surface area contributed by atoms with Crippen LogP contribution in [-0.2, 0) is 4.74 Å². The minimum Gasteiger partial charge on any atom is -0.383 e. The molecule has 0 aromatic heterocycles. The zero-order chi connectivity index (χ0) is 11.0. The highest BCUT2D eigenvalue weighted by atomic mass is 19.3. The first-order valence-electron chi connectivity index (χ1n) is 5.25. The highest BCUT2D eigenvalue weighted by molar-refractivity contribution is 4.78. The summed E-state index contributed by atoms with van der Waals surface area (Å²) in [6, 6.07) is 0.212. The van der Waals surface area contributed by atoms with Gasteiger partial charge in [0.1, 0.15) is 0 Å². The molecule has 1 saturated heterocycles. The fourth-order valence-corrected chi connectivity index (χ4v) is 1.69. The molecule has 0 spiro atoms. The lowest BCUT2D eigenvalue weighted by molar-refractivity contribution is 0.0555. The average Bonchev–Trinajstić information content (AvgIpc) is 2.56. The molecule has 2 nitrogen and oxygen atoms in total. The highest BCUT2D eigenvalue weighted by Crippen LogP contribution is 2.18. The summed E-state index contributed by atoms with van der Waals surface area (Å²) in [5.41, 5.74) is 0. The SMILES string of the molecule is CC.COC[C@@H]1CCCN1CC(F)F. The van der Waals surface area contributed by atoms with E-state index in [-0.39, 0.29) is 12.6 Å². The Balaban J connectivity index is 0.000000791. The number of methoxy groups -OCH3 is 1. The van der Waals surface area contributed by atoms with Gasteiger partial charge < -0.3 is 4.74 Å². The molecule has 0 amide bonds. The third-order valence-electron chi connectivity index (χ3n) is 2.23. The summed E-state index contributed by atoms with van der Waals surface area (Å²) in [7, 11) is 1.61. The molecule has 1 rings (SSSR count). The van der Waals surface area contributed by atoms with E-state index in [1.54, 1.807) is 7.11 Å². The molecule has 1 atom stereocenters. The van der Waals surface area contributed by atoms with Gasteiger partial charge in [-0.05, 0) is 19.4 Å². The number of alkyl halides is 2. The molecular weight excluding hydrogens is 188 g/mol. The quantitative estimate of drug-likeness (QED) is 0.705. The second-order valence-corrected chi connectivity index (χ2v) is 3.14. The summed E-state index contributed by atoms with van der Waals surface area (Å²) in [5.74, 6) is 0. The first-order valence-corrected chi connectivity index (χ1v) is 5.25. The Labute approximate surface area is 85.2 Å². The predicted octanol–water partition coefficient (Wildman–Crippen LogP) is 2.39. The van der Waals surface area contributed by atoms with Crippen molar-refractivity contribution in [3.8, 4) is 0 Å². The Kier molecular flexibility index (Phi) is 7.99. The molecule has 1 aliphatic rings. The minimum absolute atomic E-state index is 0.103. The standard InChI is InChI=1S/C8H15F2NO.C2H6/c1-12-6-7-3-2-4-11(7)5-8(9)10;1-2/h7-8H,2-6H2,1H3;1-2H3/t7-;/m0./s1. The van der Waals surface area contributed by atoms with Crippen LogP contribution in [0.15, 0.2) is 0 Å². The van der Waals surface area contributed by atoms with E-state index in [9.17, 15) is 8.78 Å². The van der Waals surface area contributed by atoms with Crippen LogP contribution in [0, 0.1) is 0 Å². The summed E-state index contributed by atoms with van der Waals surface area (Å²) < 4.78 is 29.0. The zero-order valence-electron chi connectivity index (χ0n) is 9.30. The second kappa shape index (κ2) is 8.12. The smallest absolute Gasteiger partial charge is 0.251 e. The fraction of sp³-hybridized carbons (Fsp3) is 1.00. The number of hydrogen-bond donors (Lipinski definition) is 0. The van der Waals surface area contributed by atoms with Crippen molar-refractivity contribution in [2.45, 2.75) is 39.2 Å². The Morgan fingerprint density at radius 1 is 1.43 bits per heavy atom. The Morgan fingerprint density at radius 3 is 2.57 bits per heavy atom. The zero-order valence-corrected chi connectivity index (χ0v) is 9.30. The minimum atomic E-state index is -2.22. The van der Waals surface area contributed by atoms with Crippen molar-refractivity contribution in [2.75, 3.05) is 26.8 Å². The van der Waals surface area contributed by atoms with Crippen LogP contribution in [0.4, 0.5) is 8.78 Å². The van der Waals surface area contributed by atoms with Crippen molar-refractivity contribution in [3.05, 3.63) is 0 Å². The van der Waals surface area contributed by atoms with Crippen LogP contribution in [0.5, 0.6) is 0 Å². The van der Waals surface area contributed by atoms with E-state index in [2.05, 4.69) is 0 Å². The lowest BCUT2D eigenvalue weighted by Crippen LogP contribution is -2.36. The number of ether oxygens (including phenoxy) is 1. The van der Waals surface area contributed by atoms with Gasteiger partial charge in [-0.1, -0.05) is 13.8 Å². The number of nitrogens with zero attached hydrogens (tertiary/aromatic N) is 1. The van der Waals surface area contributed by atoms with E-state index in [1.165, 1.54) is 0 Å². The van der Waals surface area contributed by atoms with Gasteiger partial charge in [-0.25, -0.2) is 8.78 Å². The third kappa shape index (κ3) is 4.86. The monoisotopic (exact) mass is 209 g/mol. The van der Waals surface area contributed by atoms with Gasteiger partial charge in [-0.15, -0.1) is 0 Å². The van der Waals surface area contributed by atoms with Gasteiger partial charge in [0.25, 0.3) is 6.43 Å².